The van der Waals surface area contributed by atoms with Crippen molar-refractivity contribution in [3.8, 4) is 0 Å². The van der Waals surface area contributed by atoms with Crippen LogP contribution in [0.25, 0.3) is 10.9 Å². The van der Waals surface area contributed by atoms with Crippen LogP contribution in [0.15, 0.2) is 24.3 Å². The zero-order valence-electron chi connectivity index (χ0n) is 9.97. The molecule has 0 aliphatic rings. The predicted molar refractivity (Wildman–Crippen MR) is 69.4 cm³/mol. The molecule has 0 saturated heterocycles. The lowest BCUT2D eigenvalue weighted by Crippen LogP contribution is -2.05. The van der Waals surface area contributed by atoms with Crippen molar-refractivity contribution in [3.05, 3.63) is 35.5 Å². The molecule has 92 valence electrons. The van der Waals surface area contributed by atoms with E-state index in [4.69, 9.17) is 5.73 Å². The lowest BCUT2D eigenvalue weighted by Gasteiger charge is -2.03. The quantitative estimate of drug-likeness (QED) is 0.892. The molecule has 0 unspecified atom stereocenters. The van der Waals surface area contributed by atoms with Gasteiger partial charge in [0.2, 0.25) is 0 Å². The zero-order valence-corrected chi connectivity index (χ0v) is 10.8. The molecule has 1 aromatic carbocycles. The molecule has 5 heteroatoms. The van der Waals surface area contributed by atoms with E-state index >= 15 is 0 Å². The number of nitrogens with zero attached hydrogens (tertiary/aromatic N) is 1. The first kappa shape index (κ1) is 12.1. The van der Waals surface area contributed by atoms with Gasteiger partial charge in [-0.05, 0) is 17.7 Å². The Kier molecular flexibility index (Phi) is 2.97. The van der Waals surface area contributed by atoms with Crippen molar-refractivity contribution in [2.24, 2.45) is 12.8 Å². The third-order valence-corrected chi connectivity index (χ3v) is 3.73. The highest BCUT2D eigenvalue weighted by Crippen LogP contribution is 2.23. The standard InChI is InChI=1S/C12H16N2O2S/c1-14-10(8-17(2,15)16)6-11-9(7-13)4-3-5-12(11)14/h3-6H,7-8,13H2,1-2H3. The number of aryl methyl sites for hydroxylation is 1. The fourth-order valence-electron chi connectivity index (χ4n) is 2.06. The van der Waals surface area contributed by atoms with Crippen LogP contribution in [0.4, 0.5) is 0 Å². The normalized spacial score (nSPS) is 12.2. The van der Waals surface area contributed by atoms with Crippen LogP contribution in [0.2, 0.25) is 0 Å². The van der Waals surface area contributed by atoms with Gasteiger partial charge >= 0.3 is 0 Å². The Morgan fingerprint density at radius 2 is 2.06 bits per heavy atom. The Morgan fingerprint density at radius 3 is 2.65 bits per heavy atom. The second-order valence-electron chi connectivity index (χ2n) is 4.32. The molecule has 0 bridgehead atoms. The minimum atomic E-state index is -3.02. The number of rotatable bonds is 3. The van der Waals surface area contributed by atoms with E-state index in [0.717, 1.165) is 22.2 Å². The van der Waals surface area contributed by atoms with Gasteiger partial charge in [-0.3, -0.25) is 0 Å². The van der Waals surface area contributed by atoms with Crippen molar-refractivity contribution in [1.82, 2.24) is 4.57 Å². The summed E-state index contributed by atoms with van der Waals surface area (Å²) in [4.78, 5) is 0. The average molecular weight is 252 g/mol. The Morgan fingerprint density at radius 1 is 1.35 bits per heavy atom. The van der Waals surface area contributed by atoms with Gasteiger partial charge in [0.25, 0.3) is 0 Å². The minimum absolute atomic E-state index is 0.0577. The molecule has 0 spiro atoms. The van der Waals surface area contributed by atoms with Crippen LogP contribution in [0, 0.1) is 0 Å². The molecule has 0 aliphatic carbocycles. The molecule has 17 heavy (non-hydrogen) atoms. The van der Waals surface area contributed by atoms with Crippen molar-refractivity contribution in [3.63, 3.8) is 0 Å². The van der Waals surface area contributed by atoms with Crippen molar-refractivity contribution >= 4 is 20.7 Å². The summed E-state index contributed by atoms with van der Waals surface area (Å²) in [6, 6.07) is 7.79. The largest absolute Gasteiger partial charge is 0.347 e. The van der Waals surface area contributed by atoms with Crippen LogP contribution < -0.4 is 5.73 Å². The van der Waals surface area contributed by atoms with E-state index in [2.05, 4.69) is 0 Å². The number of sulfone groups is 1. The Labute approximate surface area is 101 Å². The highest BCUT2D eigenvalue weighted by molar-refractivity contribution is 7.89. The summed E-state index contributed by atoms with van der Waals surface area (Å²) in [5.74, 6) is 0.0577. The van der Waals surface area contributed by atoms with Gasteiger partial charge in [0.05, 0.1) is 5.75 Å². The number of nitrogens with two attached hydrogens (primary N) is 1. The molecular formula is C12H16N2O2S. The SMILES string of the molecule is Cn1c(CS(C)(=O)=O)cc2c(CN)cccc21. The summed E-state index contributed by atoms with van der Waals surface area (Å²) >= 11 is 0. The fraction of sp³-hybridized carbons (Fsp3) is 0.333. The molecule has 0 aliphatic heterocycles. The van der Waals surface area contributed by atoms with Crippen LogP contribution in [0.1, 0.15) is 11.3 Å². The maximum Gasteiger partial charge on any atom is 0.153 e. The van der Waals surface area contributed by atoms with Gasteiger partial charge in [0.15, 0.2) is 9.84 Å². The molecule has 4 nitrogen and oxygen atoms in total. The molecule has 1 aromatic heterocycles. The van der Waals surface area contributed by atoms with E-state index in [1.54, 1.807) is 0 Å². The molecule has 0 fully saturated rings. The smallest absolute Gasteiger partial charge is 0.153 e. The number of hydrogen-bond acceptors (Lipinski definition) is 3. The van der Waals surface area contributed by atoms with Crippen molar-refractivity contribution in [2.45, 2.75) is 12.3 Å². The zero-order chi connectivity index (χ0) is 12.6. The number of hydrogen-bond donors (Lipinski definition) is 1. The molecule has 1 heterocycles. The van der Waals surface area contributed by atoms with Gasteiger partial charge < -0.3 is 10.3 Å². The molecule has 2 rings (SSSR count). The van der Waals surface area contributed by atoms with Gasteiger partial charge in [-0.25, -0.2) is 8.42 Å². The average Bonchev–Trinajstić information content (AvgIpc) is 2.54. The Balaban J connectivity index is 2.64. The van der Waals surface area contributed by atoms with Crippen molar-refractivity contribution in [1.29, 1.82) is 0 Å². The first-order valence-electron chi connectivity index (χ1n) is 5.36. The minimum Gasteiger partial charge on any atom is -0.347 e. The summed E-state index contributed by atoms with van der Waals surface area (Å²) in [6.07, 6.45) is 1.24. The van der Waals surface area contributed by atoms with Crippen LogP contribution in [-0.4, -0.2) is 19.2 Å². The Hall–Kier alpha value is -1.33. The van der Waals surface area contributed by atoms with E-state index in [1.165, 1.54) is 6.26 Å². The predicted octanol–water partition coefficient (Wildman–Crippen LogP) is 1.18. The highest BCUT2D eigenvalue weighted by Gasteiger charge is 2.12. The van der Waals surface area contributed by atoms with E-state index in [9.17, 15) is 8.42 Å². The second-order valence-corrected chi connectivity index (χ2v) is 6.46. The van der Waals surface area contributed by atoms with E-state index in [-0.39, 0.29) is 5.75 Å². The van der Waals surface area contributed by atoms with Crippen LogP contribution in [0.5, 0.6) is 0 Å². The lowest BCUT2D eigenvalue weighted by atomic mass is 10.1. The van der Waals surface area contributed by atoms with Crippen LogP contribution in [-0.2, 0) is 29.2 Å². The van der Waals surface area contributed by atoms with Gasteiger partial charge in [-0.1, -0.05) is 12.1 Å². The maximum absolute atomic E-state index is 11.3. The molecule has 0 amide bonds. The summed E-state index contributed by atoms with van der Waals surface area (Å²) in [7, 11) is -1.14. The second kappa shape index (κ2) is 4.16. The van der Waals surface area contributed by atoms with Gasteiger partial charge in [0.1, 0.15) is 0 Å². The number of fused-ring (bicyclic) bond motifs is 1. The van der Waals surface area contributed by atoms with E-state index in [0.29, 0.717) is 6.54 Å². The first-order valence-corrected chi connectivity index (χ1v) is 7.42. The molecule has 2 aromatic rings. The highest BCUT2D eigenvalue weighted by atomic mass is 32.2. The topological polar surface area (TPSA) is 65.1 Å². The summed E-state index contributed by atoms with van der Waals surface area (Å²) in [6.45, 7) is 0.458. The maximum atomic E-state index is 11.3. The number of benzene rings is 1. The van der Waals surface area contributed by atoms with Crippen LogP contribution >= 0.6 is 0 Å². The first-order chi connectivity index (χ1) is 7.92. The third kappa shape index (κ3) is 2.35. The van der Waals surface area contributed by atoms with Gasteiger partial charge in [-0.2, -0.15) is 0 Å². The molecule has 0 atom stereocenters. The summed E-state index contributed by atoms with van der Waals surface area (Å²) in [5, 5.41) is 1.04. The number of aromatic nitrogens is 1. The fourth-order valence-corrected chi connectivity index (χ4v) is 2.88. The summed E-state index contributed by atoms with van der Waals surface area (Å²) in [5.41, 5.74) is 8.53. The van der Waals surface area contributed by atoms with E-state index < -0.39 is 9.84 Å². The van der Waals surface area contributed by atoms with Crippen molar-refractivity contribution in [2.75, 3.05) is 6.26 Å². The molecular weight excluding hydrogens is 236 g/mol. The molecule has 2 N–H and O–H groups in total. The van der Waals surface area contributed by atoms with Crippen LogP contribution in [0.3, 0.4) is 0 Å². The monoisotopic (exact) mass is 252 g/mol. The molecule has 0 radical (unpaired) electrons. The lowest BCUT2D eigenvalue weighted by molar-refractivity contribution is 0.599. The van der Waals surface area contributed by atoms with Crippen molar-refractivity contribution < 1.29 is 8.42 Å². The van der Waals surface area contributed by atoms with E-state index in [1.807, 2.05) is 35.9 Å². The third-order valence-electron chi connectivity index (χ3n) is 2.91. The summed E-state index contributed by atoms with van der Waals surface area (Å²) < 4.78 is 24.6. The Bertz CT molecular complexity index is 656. The van der Waals surface area contributed by atoms with Gasteiger partial charge in [-0.15, -0.1) is 0 Å². The van der Waals surface area contributed by atoms with Gasteiger partial charge in [0, 0.05) is 36.4 Å². The molecule has 0 saturated carbocycles.